The zero-order chi connectivity index (χ0) is 15.6. The minimum atomic E-state index is -3.45. The van der Waals surface area contributed by atoms with Crippen LogP contribution in [0.3, 0.4) is 0 Å². The summed E-state index contributed by atoms with van der Waals surface area (Å²) in [5.41, 5.74) is 0. The number of hydrogen-bond donors (Lipinski definition) is 1. The van der Waals surface area contributed by atoms with Gasteiger partial charge in [-0.3, -0.25) is 0 Å². The third-order valence-electron chi connectivity index (χ3n) is 3.74. The minimum absolute atomic E-state index is 0.177. The molecule has 120 valence electrons. The van der Waals surface area contributed by atoms with Crippen molar-refractivity contribution in [2.75, 3.05) is 13.6 Å². The largest absolute Gasteiger partial charge is 0.464 e. The topological polar surface area (TPSA) is 62.6 Å². The molecule has 6 heteroatoms. The fourth-order valence-electron chi connectivity index (χ4n) is 2.41. The maximum Gasteiger partial charge on any atom is 0.246 e. The number of nitrogens with one attached hydrogen (secondary N) is 1. The molecule has 1 aromatic heterocycles. The Morgan fingerprint density at radius 1 is 1.43 bits per heavy atom. The quantitative estimate of drug-likeness (QED) is 0.801. The predicted octanol–water partition coefficient (Wildman–Crippen LogP) is 2.51. The van der Waals surface area contributed by atoms with Gasteiger partial charge in [0.05, 0.1) is 6.54 Å². The van der Waals surface area contributed by atoms with E-state index in [9.17, 15) is 8.42 Å². The molecule has 0 unspecified atom stereocenters. The Labute approximate surface area is 127 Å². The molecule has 5 nitrogen and oxygen atoms in total. The molecular formula is C15H26N2O3S. The maximum atomic E-state index is 12.9. The summed E-state index contributed by atoms with van der Waals surface area (Å²) in [7, 11) is -1.64. The lowest BCUT2D eigenvalue weighted by Crippen LogP contribution is -2.34. The van der Waals surface area contributed by atoms with Crippen molar-refractivity contribution >= 4 is 10.0 Å². The lowest BCUT2D eigenvalue weighted by molar-refractivity contribution is 0.372. The normalized spacial score (nSPS) is 16.1. The third kappa shape index (κ3) is 3.87. The summed E-state index contributed by atoms with van der Waals surface area (Å²) < 4.78 is 33.0. The van der Waals surface area contributed by atoms with E-state index in [-0.39, 0.29) is 6.04 Å². The van der Waals surface area contributed by atoms with Crippen LogP contribution in [-0.2, 0) is 16.6 Å². The van der Waals surface area contributed by atoms with Crippen LogP contribution >= 0.6 is 0 Å². The third-order valence-corrected chi connectivity index (χ3v) is 5.80. The molecule has 1 aliphatic rings. The standard InChI is InChI=1S/C15H26N2O3S/c1-11(2)7-8-17(13-5-6-13)21(18,19)15-9-14(10-16-4)20-12(15)3/h9,11,13,16H,5-8,10H2,1-4H3. The van der Waals surface area contributed by atoms with Crippen LogP contribution in [0.1, 0.15) is 44.6 Å². The highest BCUT2D eigenvalue weighted by Crippen LogP contribution is 2.34. The van der Waals surface area contributed by atoms with Crippen molar-refractivity contribution in [1.29, 1.82) is 0 Å². The zero-order valence-electron chi connectivity index (χ0n) is 13.3. The molecule has 0 aliphatic heterocycles. The van der Waals surface area contributed by atoms with Gasteiger partial charge >= 0.3 is 0 Å². The lowest BCUT2D eigenvalue weighted by Gasteiger charge is -2.22. The van der Waals surface area contributed by atoms with Gasteiger partial charge in [0.1, 0.15) is 16.4 Å². The molecule has 1 aromatic rings. The van der Waals surface area contributed by atoms with Crippen molar-refractivity contribution in [3.63, 3.8) is 0 Å². The summed E-state index contributed by atoms with van der Waals surface area (Å²) in [6.45, 7) is 7.08. The first-order valence-electron chi connectivity index (χ1n) is 7.62. The summed E-state index contributed by atoms with van der Waals surface area (Å²) in [6, 6.07) is 1.84. The summed E-state index contributed by atoms with van der Waals surface area (Å²) in [5.74, 6) is 1.63. The van der Waals surface area contributed by atoms with E-state index in [1.807, 2.05) is 7.05 Å². The van der Waals surface area contributed by atoms with E-state index < -0.39 is 10.0 Å². The second-order valence-electron chi connectivity index (χ2n) is 6.19. The monoisotopic (exact) mass is 314 g/mol. The summed E-state index contributed by atoms with van der Waals surface area (Å²) in [5, 5.41) is 2.98. The van der Waals surface area contributed by atoms with Crippen LogP contribution in [0.4, 0.5) is 0 Å². The van der Waals surface area contributed by atoms with Gasteiger partial charge in [-0.15, -0.1) is 0 Å². The van der Waals surface area contributed by atoms with Gasteiger partial charge in [0, 0.05) is 18.7 Å². The van der Waals surface area contributed by atoms with Gasteiger partial charge in [-0.2, -0.15) is 4.31 Å². The van der Waals surface area contributed by atoms with Gasteiger partial charge in [-0.25, -0.2) is 8.42 Å². The van der Waals surface area contributed by atoms with Gasteiger partial charge in [-0.05, 0) is 39.2 Å². The second-order valence-corrected chi connectivity index (χ2v) is 8.05. The minimum Gasteiger partial charge on any atom is -0.464 e. The zero-order valence-corrected chi connectivity index (χ0v) is 14.2. The second kappa shape index (κ2) is 6.50. The fraction of sp³-hybridized carbons (Fsp3) is 0.733. The van der Waals surface area contributed by atoms with Crippen LogP contribution in [0.2, 0.25) is 0 Å². The Morgan fingerprint density at radius 2 is 2.10 bits per heavy atom. The number of rotatable bonds is 8. The van der Waals surface area contributed by atoms with Crippen LogP contribution < -0.4 is 5.32 Å². The van der Waals surface area contributed by atoms with E-state index >= 15 is 0 Å². The predicted molar refractivity (Wildman–Crippen MR) is 82.6 cm³/mol. The van der Waals surface area contributed by atoms with Crippen molar-refractivity contribution < 1.29 is 12.8 Å². The van der Waals surface area contributed by atoms with Crippen LogP contribution in [0, 0.1) is 12.8 Å². The van der Waals surface area contributed by atoms with Gasteiger partial charge in [0.25, 0.3) is 0 Å². The van der Waals surface area contributed by atoms with Gasteiger partial charge < -0.3 is 9.73 Å². The Hall–Kier alpha value is -0.850. The van der Waals surface area contributed by atoms with E-state index in [0.717, 1.165) is 19.3 Å². The molecule has 2 rings (SSSR count). The van der Waals surface area contributed by atoms with Crippen molar-refractivity contribution in [1.82, 2.24) is 9.62 Å². The van der Waals surface area contributed by atoms with Gasteiger partial charge in [0.2, 0.25) is 10.0 Å². The number of aryl methyl sites for hydroxylation is 1. The van der Waals surface area contributed by atoms with Gasteiger partial charge in [0.15, 0.2) is 0 Å². The van der Waals surface area contributed by atoms with Crippen molar-refractivity contribution in [2.24, 2.45) is 5.92 Å². The Kier molecular flexibility index (Phi) is 5.11. The molecule has 0 saturated heterocycles. The van der Waals surface area contributed by atoms with Gasteiger partial charge in [-0.1, -0.05) is 13.8 Å². The fourth-order valence-corrected chi connectivity index (χ4v) is 4.30. The summed E-state index contributed by atoms with van der Waals surface area (Å²) in [4.78, 5) is 0.323. The van der Waals surface area contributed by atoms with Crippen LogP contribution in [0.15, 0.2) is 15.4 Å². The highest BCUT2D eigenvalue weighted by Gasteiger charge is 2.39. The Bertz CT molecular complexity index is 574. The molecule has 0 spiro atoms. The summed E-state index contributed by atoms with van der Waals surface area (Å²) in [6.07, 6.45) is 2.82. The average molecular weight is 314 g/mol. The number of hydrogen-bond acceptors (Lipinski definition) is 4. The summed E-state index contributed by atoms with van der Waals surface area (Å²) >= 11 is 0. The van der Waals surface area contributed by atoms with E-state index in [1.54, 1.807) is 17.3 Å². The van der Waals surface area contributed by atoms with E-state index in [0.29, 0.717) is 35.4 Å². The van der Waals surface area contributed by atoms with Crippen LogP contribution in [0.25, 0.3) is 0 Å². The molecule has 1 saturated carbocycles. The molecule has 21 heavy (non-hydrogen) atoms. The van der Waals surface area contributed by atoms with Crippen molar-refractivity contribution in [2.45, 2.75) is 57.5 Å². The van der Waals surface area contributed by atoms with Crippen molar-refractivity contribution in [3.8, 4) is 0 Å². The number of sulfonamides is 1. The van der Waals surface area contributed by atoms with Crippen LogP contribution in [0.5, 0.6) is 0 Å². The molecule has 0 amide bonds. The van der Waals surface area contributed by atoms with E-state index in [4.69, 9.17) is 4.42 Å². The first-order chi connectivity index (χ1) is 9.86. The SMILES string of the molecule is CNCc1cc(S(=O)(=O)N(CCC(C)C)C2CC2)c(C)o1. The molecular weight excluding hydrogens is 288 g/mol. The molecule has 0 atom stereocenters. The number of furan rings is 1. The average Bonchev–Trinajstić information content (AvgIpc) is 3.13. The number of nitrogens with zero attached hydrogens (tertiary/aromatic N) is 1. The van der Waals surface area contributed by atoms with E-state index in [2.05, 4.69) is 19.2 Å². The first kappa shape index (κ1) is 16.5. The smallest absolute Gasteiger partial charge is 0.246 e. The molecule has 1 N–H and O–H groups in total. The van der Waals surface area contributed by atoms with E-state index in [1.165, 1.54) is 0 Å². The first-order valence-corrected chi connectivity index (χ1v) is 9.06. The molecule has 0 aromatic carbocycles. The van der Waals surface area contributed by atoms with Crippen LogP contribution in [-0.4, -0.2) is 32.4 Å². The lowest BCUT2D eigenvalue weighted by atomic mass is 10.1. The molecule has 0 radical (unpaired) electrons. The Balaban J connectivity index is 2.25. The highest BCUT2D eigenvalue weighted by molar-refractivity contribution is 7.89. The highest BCUT2D eigenvalue weighted by atomic mass is 32.2. The Morgan fingerprint density at radius 3 is 2.62 bits per heavy atom. The maximum absolute atomic E-state index is 12.9. The van der Waals surface area contributed by atoms with Crippen molar-refractivity contribution in [3.05, 3.63) is 17.6 Å². The molecule has 0 bridgehead atoms. The molecule has 1 fully saturated rings. The molecule has 1 aliphatic carbocycles. The molecule has 1 heterocycles.